The third kappa shape index (κ3) is 7.69. The minimum absolute atomic E-state index is 0.0138. The van der Waals surface area contributed by atoms with E-state index >= 15 is 0 Å². The number of rotatable bonds is 9. The summed E-state index contributed by atoms with van der Waals surface area (Å²) in [5.41, 5.74) is 0.125. The molecule has 6 nitrogen and oxygen atoms in total. The predicted molar refractivity (Wildman–Crippen MR) is 126 cm³/mol. The van der Waals surface area contributed by atoms with Crippen LogP contribution in [0.15, 0.2) is 0 Å². The molecular weight excluding hydrogens is 376 g/mol. The minimum atomic E-state index is -0.667. The zero-order chi connectivity index (χ0) is 23.4. The first-order chi connectivity index (χ1) is 13.6. The van der Waals surface area contributed by atoms with Gasteiger partial charge in [-0.25, -0.2) is 4.79 Å². The highest BCUT2D eigenvalue weighted by molar-refractivity contribution is 5.74. The van der Waals surface area contributed by atoms with Crippen LogP contribution in [0.4, 0.5) is 4.79 Å². The zero-order valence-corrected chi connectivity index (χ0v) is 21.5. The molecule has 0 aromatic carbocycles. The monoisotopic (exact) mass is 426 g/mol. The molecule has 0 aromatic heterocycles. The van der Waals surface area contributed by atoms with Crippen LogP contribution >= 0.6 is 0 Å². The summed E-state index contributed by atoms with van der Waals surface area (Å²) in [6, 6.07) is 1.07. The Morgan fingerprint density at radius 1 is 0.933 bits per heavy atom. The zero-order valence-electron chi connectivity index (χ0n) is 21.5. The number of aliphatic hydroxyl groups excluding tert-OH is 1. The number of carbonyl (C=O) groups excluding carboxylic acids is 1. The highest BCUT2D eigenvalue weighted by Crippen LogP contribution is 2.46. The maximum Gasteiger partial charge on any atom is 0.317 e. The first-order valence-corrected chi connectivity index (χ1v) is 11.9. The van der Waals surface area contributed by atoms with Crippen molar-refractivity contribution in [2.45, 2.75) is 132 Å². The molecule has 30 heavy (non-hydrogen) atoms. The number of hydrogen-bond acceptors (Lipinski definition) is 4. The number of nitrogens with one attached hydrogen (secondary N) is 2. The fraction of sp³-hybridized carbons (Fsp3) is 0.958. The van der Waals surface area contributed by atoms with Gasteiger partial charge < -0.3 is 15.3 Å². The smallest absolute Gasteiger partial charge is 0.317 e. The lowest BCUT2D eigenvalue weighted by molar-refractivity contribution is -0.0771. The summed E-state index contributed by atoms with van der Waals surface area (Å²) in [6.45, 7) is 24.2. The molecule has 3 N–H and O–H groups in total. The van der Waals surface area contributed by atoms with E-state index < -0.39 is 6.35 Å². The van der Waals surface area contributed by atoms with Gasteiger partial charge in [-0.15, -0.1) is 0 Å². The van der Waals surface area contributed by atoms with E-state index in [9.17, 15) is 9.90 Å². The van der Waals surface area contributed by atoms with Crippen LogP contribution in [0.1, 0.15) is 95.4 Å². The Balaban J connectivity index is 2.86. The Morgan fingerprint density at radius 3 is 1.87 bits per heavy atom. The highest BCUT2D eigenvalue weighted by atomic mass is 16.3. The van der Waals surface area contributed by atoms with Crippen LogP contribution in [0.2, 0.25) is 0 Å². The van der Waals surface area contributed by atoms with Gasteiger partial charge in [0.25, 0.3) is 0 Å². The molecule has 178 valence electrons. The molecule has 1 aliphatic rings. The molecule has 0 aliphatic heterocycles. The van der Waals surface area contributed by atoms with Crippen LogP contribution in [0, 0.1) is 10.8 Å². The molecule has 2 amide bonds. The molecule has 0 saturated heterocycles. The maximum absolute atomic E-state index is 12.8. The average Bonchev–Trinajstić information content (AvgIpc) is 2.49. The molecule has 0 radical (unpaired) electrons. The quantitative estimate of drug-likeness (QED) is 0.479. The summed E-state index contributed by atoms with van der Waals surface area (Å²) in [7, 11) is 0. The van der Waals surface area contributed by atoms with Crippen molar-refractivity contribution in [1.29, 1.82) is 0 Å². The normalized spacial score (nSPS) is 25.4. The fourth-order valence-electron chi connectivity index (χ4n) is 5.79. The van der Waals surface area contributed by atoms with E-state index in [0.29, 0.717) is 6.54 Å². The largest absolute Gasteiger partial charge is 0.365 e. The van der Waals surface area contributed by atoms with Gasteiger partial charge in [0.2, 0.25) is 0 Å². The van der Waals surface area contributed by atoms with E-state index in [2.05, 4.69) is 91.7 Å². The van der Waals surface area contributed by atoms with Crippen molar-refractivity contribution >= 4 is 6.03 Å². The molecule has 1 rings (SSSR count). The van der Waals surface area contributed by atoms with Crippen molar-refractivity contribution in [1.82, 2.24) is 20.4 Å². The van der Waals surface area contributed by atoms with Gasteiger partial charge in [-0.2, -0.15) is 0 Å². The van der Waals surface area contributed by atoms with E-state index in [4.69, 9.17) is 0 Å². The standard InChI is InChI=1S/C24H50N4O2/c1-16(2)27(17(3)4)21(29)25-15-24(11)13-20(12-23(9,10)14-24)26-22(30)28(18(5)6)19(7)8/h16-20,22,26,30H,12-15H2,1-11H3,(H,25,29). The summed E-state index contributed by atoms with van der Waals surface area (Å²) >= 11 is 0. The molecule has 6 heteroatoms. The molecule has 1 fully saturated rings. The molecule has 1 aliphatic carbocycles. The minimum Gasteiger partial charge on any atom is -0.365 e. The van der Waals surface area contributed by atoms with Crippen LogP contribution in [0.5, 0.6) is 0 Å². The first-order valence-electron chi connectivity index (χ1n) is 11.9. The summed E-state index contributed by atoms with van der Waals surface area (Å²) in [5, 5.41) is 17.6. The van der Waals surface area contributed by atoms with Gasteiger partial charge in [0.1, 0.15) is 0 Å². The van der Waals surface area contributed by atoms with Crippen molar-refractivity contribution in [3.8, 4) is 0 Å². The summed E-state index contributed by atoms with van der Waals surface area (Å²) < 4.78 is 0. The van der Waals surface area contributed by atoms with Gasteiger partial charge in [-0.05, 0) is 85.5 Å². The molecule has 0 heterocycles. The first kappa shape index (κ1) is 27.2. The second-order valence-corrected chi connectivity index (χ2v) is 11.7. The second-order valence-electron chi connectivity index (χ2n) is 11.7. The van der Waals surface area contributed by atoms with Crippen molar-refractivity contribution in [2.24, 2.45) is 10.8 Å². The van der Waals surface area contributed by atoms with Crippen LogP contribution in [-0.2, 0) is 0 Å². The van der Waals surface area contributed by atoms with Gasteiger partial charge in [0.05, 0.1) is 0 Å². The Morgan fingerprint density at radius 2 is 1.43 bits per heavy atom. The lowest BCUT2D eigenvalue weighted by Crippen LogP contribution is -2.58. The number of nitrogens with zero attached hydrogens (tertiary/aromatic N) is 2. The van der Waals surface area contributed by atoms with Gasteiger partial charge in [0.15, 0.2) is 6.35 Å². The number of hydrogen-bond donors (Lipinski definition) is 3. The third-order valence-corrected chi connectivity index (χ3v) is 6.32. The number of urea groups is 1. The summed E-state index contributed by atoms with van der Waals surface area (Å²) in [4.78, 5) is 16.8. The molecule has 1 saturated carbocycles. The summed E-state index contributed by atoms with van der Waals surface area (Å²) in [6.07, 6.45) is 2.33. The molecule has 0 spiro atoms. The number of carbonyl (C=O) groups is 1. The van der Waals surface area contributed by atoms with Crippen LogP contribution in [-0.4, -0.2) is 64.0 Å². The van der Waals surface area contributed by atoms with Gasteiger partial charge in [-0.3, -0.25) is 10.2 Å². The van der Waals surface area contributed by atoms with Crippen molar-refractivity contribution in [3.63, 3.8) is 0 Å². The van der Waals surface area contributed by atoms with E-state index in [-0.39, 0.29) is 47.1 Å². The molecule has 0 aromatic rings. The van der Waals surface area contributed by atoms with Gasteiger partial charge in [0, 0.05) is 36.8 Å². The lowest BCUT2D eigenvalue weighted by atomic mass is 9.62. The highest BCUT2D eigenvalue weighted by Gasteiger charge is 2.42. The van der Waals surface area contributed by atoms with Crippen molar-refractivity contribution in [3.05, 3.63) is 0 Å². The van der Waals surface area contributed by atoms with Crippen molar-refractivity contribution < 1.29 is 9.90 Å². The molecule has 3 atom stereocenters. The topological polar surface area (TPSA) is 67.8 Å². The van der Waals surface area contributed by atoms with Gasteiger partial charge >= 0.3 is 6.03 Å². The SMILES string of the molecule is CC(C)N(C(=O)NCC1(C)CC(NC(O)N(C(C)C)C(C)C)CC(C)(C)C1)C(C)C. The Labute approximate surface area is 186 Å². The Kier molecular flexibility index (Phi) is 9.65. The Bertz CT molecular complexity index is 531. The van der Waals surface area contributed by atoms with Crippen molar-refractivity contribution in [2.75, 3.05) is 6.54 Å². The van der Waals surface area contributed by atoms with E-state index in [1.54, 1.807) is 0 Å². The Hall–Kier alpha value is -0.850. The second kappa shape index (κ2) is 10.6. The van der Waals surface area contributed by atoms with Crippen LogP contribution < -0.4 is 10.6 Å². The summed E-state index contributed by atoms with van der Waals surface area (Å²) in [5.74, 6) is 0. The third-order valence-electron chi connectivity index (χ3n) is 6.32. The average molecular weight is 427 g/mol. The van der Waals surface area contributed by atoms with Crippen LogP contribution in [0.25, 0.3) is 0 Å². The molecule has 0 bridgehead atoms. The number of aliphatic hydroxyl groups is 1. The predicted octanol–water partition coefficient (Wildman–Crippen LogP) is 4.38. The van der Waals surface area contributed by atoms with E-state index in [0.717, 1.165) is 19.3 Å². The van der Waals surface area contributed by atoms with Gasteiger partial charge in [-0.1, -0.05) is 20.8 Å². The lowest BCUT2D eigenvalue weighted by Gasteiger charge is -2.48. The molecular formula is C24H50N4O2. The number of amides is 2. The fourth-order valence-corrected chi connectivity index (χ4v) is 5.79. The van der Waals surface area contributed by atoms with Crippen LogP contribution in [0.3, 0.4) is 0 Å². The van der Waals surface area contributed by atoms with E-state index in [1.807, 2.05) is 4.90 Å². The molecule has 3 unspecified atom stereocenters. The van der Waals surface area contributed by atoms with E-state index in [1.165, 1.54) is 0 Å². The maximum atomic E-state index is 12.8.